The first kappa shape index (κ1) is 18.7. The van der Waals surface area contributed by atoms with Gasteiger partial charge in [-0.2, -0.15) is 4.31 Å². The standard InChI is InChI=1S/C16H15Cl2NO4S/c1-19(24(22,23)14-8-6-13(18)7-9-14)15(16(20)21)10-11-2-4-12(17)5-3-11/h2-9,15H,10H2,1H3,(H,20,21). The van der Waals surface area contributed by atoms with Crippen molar-refractivity contribution in [1.29, 1.82) is 0 Å². The summed E-state index contributed by atoms with van der Waals surface area (Å²) >= 11 is 11.6. The van der Waals surface area contributed by atoms with Gasteiger partial charge in [0.25, 0.3) is 0 Å². The average Bonchev–Trinajstić information content (AvgIpc) is 2.53. The number of carboxylic acid groups (broad SMARTS) is 1. The second-order valence-corrected chi connectivity index (χ2v) is 8.03. The minimum absolute atomic E-state index is 0.0169. The van der Waals surface area contributed by atoms with Gasteiger partial charge in [0.05, 0.1) is 4.90 Å². The van der Waals surface area contributed by atoms with Gasteiger partial charge < -0.3 is 5.11 Å². The summed E-state index contributed by atoms with van der Waals surface area (Å²) in [6.45, 7) is 0. The van der Waals surface area contributed by atoms with Crippen LogP contribution in [-0.2, 0) is 21.2 Å². The van der Waals surface area contributed by atoms with E-state index < -0.39 is 22.0 Å². The molecule has 0 heterocycles. The third kappa shape index (κ3) is 4.27. The maximum Gasteiger partial charge on any atom is 0.322 e. The van der Waals surface area contributed by atoms with Gasteiger partial charge in [-0.3, -0.25) is 4.79 Å². The van der Waals surface area contributed by atoms with E-state index in [-0.39, 0.29) is 11.3 Å². The van der Waals surface area contributed by atoms with Crippen molar-refractivity contribution < 1.29 is 18.3 Å². The highest BCUT2D eigenvalue weighted by Crippen LogP contribution is 2.21. The van der Waals surface area contributed by atoms with Crippen LogP contribution in [0.1, 0.15) is 5.56 Å². The third-order valence-corrected chi connectivity index (χ3v) is 5.94. The molecule has 0 spiro atoms. The number of hydrogen-bond donors (Lipinski definition) is 1. The Hall–Kier alpha value is -1.60. The normalized spacial score (nSPS) is 13.0. The van der Waals surface area contributed by atoms with E-state index in [4.69, 9.17) is 23.2 Å². The van der Waals surface area contributed by atoms with E-state index in [1.807, 2.05) is 0 Å². The van der Waals surface area contributed by atoms with Gasteiger partial charge in [-0.1, -0.05) is 35.3 Å². The Morgan fingerprint density at radius 3 is 1.96 bits per heavy atom. The molecule has 0 aromatic heterocycles. The van der Waals surface area contributed by atoms with Crippen molar-refractivity contribution in [3.05, 3.63) is 64.1 Å². The summed E-state index contributed by atoms with van der Waals surface area (Å²) in [6, 6.07) is 10.9. The monoisotopic (exact) mass is 387 g/mol. The van der Waals surface area contributed by atoms with E-state index in [2.05, 4.69) is 0 Å². The Labute approximate surface area is 150 Å². The van der Waals surface area contributed by atoms with Crippen molar-refractivity contribution in [1.82, 2.24) is 4.31 Å². The summed E-state index contributed by atoms with van der Waals surface area (Å²) in [5, 5.41) is 10.4. The predicted octanol–water partition coefficient (Wildman–Crippen LogP) is 3.31. The fourth-order valence-corrected chi connectivity index (χ4v) is 3.72. The molecule has 2 aromatic carbocycles. The van der Waals surface area contributed by atoms with Gasteiger partial charge in [0.15, 0.2) is 0 Å². The average molecular weight is 388 g/mol. The lowest BCUT2D eigenvalue weighted by atomic mass is 10.1. The molecule has 2 rings (SSSR count). The predicted molar refractivity (Wildman–Crippen MR) is 93.0 cm³/mol. The molecule has 1 atom stereocenters. The number of likely N-dealkylation sites (N-methyl/N-ethyl adjacent to an activating group) is 1. The Kier molecular flexibility index (Phi) is 5.87. The minimum atomic E-state index is -3.96. The van der Waals surface area contributed by atoms with Gasteiger partial charge in [0, 0.05) is 17.1 Å². The van der Waals surface area contributed by atoms with Crippen LogP contribution in [0.25, 0.3) is 0 Å². The molecule has 0 aliphatic rings. The van der Waals surface area contributed by atoms with Crippen LogP contribution in [0, 0.1) is 0 Å². The number of benzene rings is 2. The molecule has 8 heteroatoms. The van der Waals surface area contributed by atoms with Gasteiger partial charge in [0.2, 0.25) is 10.0 Å². The highest BCUT2D eigenvalue weighted by atomic mass is 35.5. The highest BCUT2D eigenvalue weighted by molar-refractivity contribution is 7.89. The van der Waals surface area contributed by atoms with Crippen LogP contribution in [0.3, 0.4) is 0 Å². The fourth-order valence-electron chi connectivity index (χ4n) is 2.16. The molecule has 0 aliphatic carbocycles. The summed E-state index contributed by atoms with van der Waals surface area (Å²) in [6.07, 6.45) is 0.0236. The molecule has 0 fully saturated rings. The lowest BCUT2D eigenvalue weighted by molar-refractivity contribution is -0.141. The first-order valence-electron chi connectivity index (χ1n) is 6.92. The van der Waals surface area contributed by atoms with Crippen molar-refractivity contribution in [3.8, 4) is 0 Å². The Morgan fingerprint density at radius 1 is 1.04 bits per heavy atom. The molecule has 0 saturated heterocycles. The van der Waals surface area contributed by atoms with Crippen molar-refractivity contribution in [3.63, 3.8) is 0 Å². The van der Waals surface area contributed by atoms with Crippen LogP contribution < -0.4 is 0 Å². The third-order valence-electron chi connectivity index (χ3n) is 3.56. The van der Waals surface area contributed by atoms with E-state index in [0.717, 1.165) is 4.31 Å². The number of hydrogen-bond acceptors (Lipinski definition) is 3. The summed E-state index contributed by atoms with van der Waals surface area (Å²) in [5.74, 6) is -1.23. The molecule has 24 heavy (non-hydrogen) atoms. The van der Waals surface area contributed by atoms with Crippen LogP contribution in [0.4, 0.5) is 0 Å². The second-order valence-electron chi connectivity index (χ2n) is 5.16. The molecule has 1 unspecified atom stereocenters. The van der Waals surface area contributed by atoms with Crippen LogP contribution >= 0.6 is 23.2 Å². The molecule has 0 bridgehead atoms. The maximum absolute atomic E-state index is 12.6. The number of halogens is 2. The van der Waals surface area contributed by atoms with E-state index in [0.29, 0.717) is 15.6 Å². The van der Waals surface area contributed by atoms with Gasteiger partial charge in [0.1, 0.15) is 6.04 Å². The van der Waals surface area contributed by atoms with Crippen molar-refractivity contribution in [2.45, 2.75) is 17.4 Å². The van der Waals surface area contributed by atoms with Crippen LogP contribution in [0.15, 0.2) is 53.4 Å². The number of nitrogens with zero attached hydrogens (tertiary/aromatic N) is 1. The van der Waals surface area contributed by atoms with E-state index in [1.165, 1.54) is 31.3 Å². The first-order chi connectivity index (χ1) is 11.2. The summed E-state index contributed by atoms with van der Waals surface area (Å²) in [4.78, 5) is 11.6. The van der Waals surface area contributed by atoms with Gasteiger partial charge in [-0.05, 0) is 48.4 Å². The lowest BCUT2D eigenvalue weighted by Crippen LogP contribution is -2.43. The zero-order valence-electron chi connectivity index (χ0n) is 12.7. The number of rotatable bonds is 6. The largest absolute Gasteiger partial charge is 0.480 e. The molecule has 2 aromatic rings. The number of aliphatic carboxylic acids is 1. The molecule has 0 amide bonds. The number of sulfonamides is 1. The highest BCUT2D eigenvalue weighted by Gasteiger charge is 2.32. The van der Waals surface area contributed by atoms with Gasteiger partial charge >= 0.3 is 5.97 Å². The smallest absolute Gasteiger partial charge is 0.322 e. The molecular weight excluding hydrogens is 373 g/mol. The van der Waals surface area contributed by atoms with Crippen molar-refractivity contribution in [2.24, 2.45) is 0 Å². The Morgan fingerprint density at radius 2 is 1.50 bits per heavy atom. The van der Waals surface area contributed by atoms with E-state index in [9.17, 15) is 18.3 Å². The van der Waals surface area contributed by atoms with E-state index >= 15 is 0 Å². The van der Waals surface area contributed by atoms with Gasteiger partial charge in [-0.15, -0.1) is 0 Å². The Bertz CT molecular complexity index is 820. The first-order valence-corrected chi connectivity index (χ1v) is 9.12. The summed E-state index contributed by atoms with van der Waals surface area (Å²) in [7, 11) is -2.71. The molecule has 0 saturated carbocycles. The molecule has 0 radical (unpaired) electrons. The zero-order valence-corrected chi connectivity index (χ0v) is 15.0. The molecule has 5 nitrogen and oxygen atoms in total. The molecule has 1 N–H and O–H groups in total. The van der Waals surface area contributed by atoms with Crippen molar-refractivity contribution in [2.75, 3.05) is 7.05 Å². The summed E-state index contributed by atoms with van der Waals surface area (Å²) < 4.78 is 26.1. The second kappa shape index (κ2) is 7.53. The zero-order chi connectivity index (χ0) is 17.9. The molecular formula is C16H15Cl2NO4S. The van der Waals surface area contributed by atoms with Crippen LogP contribution in [0.2, 0.25) is 10.0 Å². The Balaban J connectivity index is 2.31. The minimum Gasteiger partial charge on any atom is -0.480 e. The maximum atomic E-state index is 12.6. The topological polar surface area (TPSA) is 74.7 Å². The number of carboxylic acids is 1. The van der Waals surface area contributed by atoms with Crippen molar-refractivity contribution >= 4 is 39.2 Å². The lowest BCUT2D eigenvalue weighted by Gasteiger charge is -2.24. The quantitative estimate of drug-likeness (QED) is 0.824. The van der Waals surface area contributed by atoms with E-state index in [1.54, 1.807) is 24.3 Å². The van der Waals surface area contributed by atoms with Crippen LogP contribution in [-0.4, -0.2) is 36.9 Å². The SMILES string of the molecule is CN(C(Cc1ccc(Cl)cc1)C(=O)O)S(=O)(=O)c1ccc(Cl)cc1. The molecule has 128 valence electrons. The fraction of sp³-hybridized carbons (Fsp3) is 0.188. The summed E-state index contributed by atoms with van der Waals surface area (Å²) in [5.41, 5.74) is 0.671. The molecule has 0 aliphatic heterocycles. The van der Waals surface area contributed by atoms with Gasteiger partial charge in [-0.25, -0.2) is 8.42 Å². The van der Waals surface area contributed by atoms with Crippen LogP contribution in [0.5, 0.6) is 0 Å². The number of carbonyl (C=O) groups is 1.